The smallest absolute Gasteiger partial charge is 0.258 e. The minimum absolute atomic E-state index is 0.179. The molecule has 1 unspecified atom stereocenters. The lowest BCUT2D eigenvalue weighted by Crippen LogP contribution is -2.40. The number of ether oxygens (including phenoxy) is 2. The van der Waals surface area contributed by atoms with Gasteiger partial charge in [-0.15, -0.1) is 0 Å². The van der Waals surface area contributed by atoms with E-state index in [0.29, 0.717) is 35.1 Å². The standard InChI is InChI=1S/C16H21N3O3/c1-19-6-4-3-5-11(19)9-22-15-8-13-12(7-14(15)21-2)16(20)18-10-17-13/h7-8,10-11H,3-6,9H2,1-2H3,(H,17,18,20). The number of likely N-dealkylation sites (N-methyl/N-ethyl adjacent to an activating group) is 1. The molecule has 0 bridgehead atoms. The zero-order valence-corrected chi connectivity index (χ0v) is 13.0. The molecular formula is C16H21N3O3. The molecule has 1 aromatic carbocycles. The molecule has 0 saturated carbocycles. The molecular weight excluding hydrogens is 282 g/mol. The molecule has 0 amide bonds. The highest BCUT2D eigenvalue weighted by Crippen LogP contribution is 2.31. The molecule has 1 aliphatic heterocycles. The molecule has 1 aromatic heterocycles. The molecule has 1 aliphatic rings. The number of hydrogen-bond acceptors (Lipinski definition) is 5. The van der Waals surface area contributed by atoms with Crippen molar-refractivity contribution in [1.29, 1.82) is 0 Å². The molecule has 3 rings (SSSR count). The van der Waals surface area contributed by atoms with Crippen molar-refractivity contribution in [2.45, 2.75) is 25.3 Å². The van der Waals surface area contributed by atoms with Crippen molar-refractivity contribution < 1.29 is 9.47 Å². The van der Waals surface area contributed by atoms with Crippen LogP contribution in [0.25, 0.3) is 10.9 Å². The fourth-order valence-electron chi connectivity index (χ4n) is 2.89. The first kappa shape index (κ1) is 14.8. The van der Waals surface area contributed by atoms with Crippen LogP contribution in [0, 0.1) is 0 Å². The Morgan fingerprint density at radius 1 is 1.36 bits per heavy atom. The maximum atomic E-state index is 11.8. The first-order valence-corrected chi connectivity index (χ1v) is 7.57. The normalized spacial score (nSPS) is 19.3. The van der Waals surface area contributed by atoms with Gasteiger partial charge in [-0.1, -0.05) is 6.42 Å². The summed E-state index contributed by atoms with van der Waals surface area (Å²) in [4.78, 5) is 20.9. The topological polar surface area (TPSA) is 67.5 Å². The lowest BCUT2D eigenvalue weighted by molar-refractivity contribution is 0.123. The second-order valence-corrected chi connectivity index (χ2v) is 5.69. The Morgan fingerprint density at radius 3 is 3.00 bits per heavy atom. The van der Waals surface area contributed by atoms with E-state index < -0.39 is 0 Å². The highest BCUT2D eigenvalue weighted by atomic mass is 16.5. The van der Waals surface area contributed by atoms with E-state index in [1.54, 1.807) is 19.2 Å². The molecule has 6 heteroatoms. The van der Waals surface area contributed by atoms with Crippen LogP contribution in [0.1, 0.15) is 19.3 Å². The number of hydrogen-bond donors (Lipinski definition) is 1. The monoisotopic (exact) mass is 303 g/mol. The maximum Gasteiger partial charge on any atom is 0.258 e. The van der Waals surface area contributed by atoms with Gasteiger partial charge in [-0.3, -0.25) is 4.79 Å². The Kier molecular flexibility index (Phi) is 4.29. The molecule has 1 fully saturated rings. The lowest BCUT2D eigenvalue weighted by atomic mass is 10.0. The number of piperidine rings is 1. The summed E-state index contributed by atoms with van der Waals surface area (Å²) in [6.07, 6.45) is 5.03. The van der Waals surface area contributed by atoms with E-state index in [4.69, 9.17) is 9.47 Å². The summed E-state index contributed by atoms with van der Waals surface area (Å²) < 4.78 is 11.3. The average Bonchev–Trinajstić information content (AvgIpc) is 2.54. The predicted octanol–water partition coefficient (Wildman–Crippen LogP) is 1.79. The highest BCUT2D eigenvalue weighted by molar-refractivity contribution is 5.81. The van der Waals surface area contributed by atoms with E-state index in [9.17, 15) is 4.79 Å². The number of methoxy groups -OCH3 is 1. The first-order valence-electron chi connectivity index (χ1n) is 7.57. The van der Waals surface area contributed by atoms with E-state index in [1.165, 1.54) is 19.2 Å². The summed E-state index contributed by atoms with van der Waals surface area (Å²) >= 11 is 0. The summed E-state index contributed by atoms with van der Waals surface area (Å²) in [5.41, 5.74) is 0.429. The van der Waals surface area contributed by atoms with Crippen LogP contribution in [0.4, 0.5) is 0 Å². The number of nitrogens with zero attached hydrogens (tertiary/aromatic N) is 2. The van der Waals surface area contributed by atoms with Gasteiger partial charge in [0.1, 0.15) is 6.61 Å². The average molecular weight is 303 g/mol. The third-order valence-electron chi connectivity index (χ3n) is 4.28. The Hall–Kier alpha value is -2.08. The molecule has 1 atom stereocenters. The maximum absolute atomic E-state index is 11.8. The van der Waals surface area contributed by atoms with Gasteiger partial charge in [0, 0.05) is 12.1 Å². The van der Waals surface area contributed by atoms with Gasteiger partial charge in [-0.05, 0) is 32.5 Å². The summed E-state index contributed by atoms with van der Waals surface area (Å²) in [6.45, 7) is 1.72. The van der Waals surface area contributed by atoms with Crippen molar-refractivity contribution in [2.24, 2.45) is 0 Å². The zero-order chi connectivity index (χ0) is 15.5. The molecule has 118 valence electrons. The van der Waals surface area contributed by atoms with Crippen LogP contribution >= 0.6 is 0 Å². The zero-order valence-electron chi connectivity index (χ0n) is 13.0. The number of aromatic amines is 1. The minimum atomic E-state index is -0.179. The second-order valence-electron chi connectivity index (χ2n) is 5.69. The van der Waals surface area contributed by atoms with Gasteiger partial charge in [-0.25, -0.2) is 4.98 Å². The first-order chi connectivity index (χ1) is 10.7. The van der Waals surface area contributed by atoms with Crippen LogP contribution in [0.2, 0.25) is 0 Å². The number of benzene rings is 1. The van der Waals surface area contributed by atoms with Crippen molar-refractivity contribution >= 4 is 10.9 Å². The van der Waals surface area contributed by atoms with Gasteiger partial charge >= 0.3 is 0 Å². The molecule has 1 N–H and O–H groups in total. The van der Waals surface area contributed by atoms with Crippen LogP contribution in [-0.4, -0.2) is 48.2 Å². The minimum Gasteiger partial charge on any atom is -0.493 e. The molecule has 0 spiro atoms. The predicted molar refractivity (Wildman–Crippen MR) is 84.7 cm³/mol. The molecule has 2 aromatic rings. The Bertz CT molecular complexity index is 713. The number of H-pyrrole nitrogens is 1. The third kappa shape index (κ3) is 2.92. The number of rotatable bonds is 4. The Labute approximate surface area is 129 Å². The fraction of sp³-hybridized carbons (Fsp3) is 0.500. The number of nitrogens with one attached hydrogen (secondary N) is 1. The van der Waals surface area contributed by atoms with Crippen LogP contribution in [0.5, 0.6) is 11.5 Å². The molecule has 6 nitrogen and oxygen atoms in total. The summed E-state index contributed by atoms with van der Waals surface area (Å²) in [6, 6.07) is 3.87. The summed E-state index contributed by atoms with van der Waals surface area (Å²) in [7, 11) is 3.71. The van der Waals surface area contributed by atoms with Crippen molar-refractivity contribution in [3.63, 3.8) is 0 Å². The van der Waals surface area contributed by atoms with E-state index >= 15 is 0 Å². The molecule has 0 radical (unpaired) electrons. The number of fused-ring (bicyclic) bond motifs is 1. The molecule has 1 saturated heterocycles. The van der Waals surface area contributed by atoms with Gasteiger partial charge < -0.3 is 19.4 Å². The van der Waals surface area contributed by atoms with Gasteiger partial charge in [-0.2, -0.15) is 0 Å². The van der Waals surface area contributed by atoms with E-state index in [1.807, 2.05) is 0 Å². The van der Waals surface area contributed by atoms with E-state index in [2.05, 4.69) is 21.9 Å². The van der Waals surface area contributed by atoms with Gasteiger partial charge in [0.15, 0.2) is 11.5 Å². The van der Waals surface area contributed by atoms with Crippen molar-refractivity contribution in [3.8, 4) is 11.5 Å². The molecule has 0 aliphatic carbocycles. The molecule has 22 heavy (non-hydrogen) atoms. The number of aromatic nitrogens is 2. The van der Waals surface area contributed by atoms with Crippen molar-refractivity contribution in [2.75, 3.05) is 27.3 Å². The van der Waals surface area contributed by atoms with Crippen LogP contribution in [0.3, 0.4) is 0 Å². The Morgan fingerprint density at radius 2 is 2.23 bits per heavy atom. The van der Waals surface area contributed by atoms with Crippen LogP contribution in [-0.2, 0) is 0 Å². The van der Waals surface area contributed by atoms with Gasteiger partial charge in [0.05, 0.1) is 24.3 Å². The fourth-order valence-corrected chi connectivity index (χ4v) is 2.89. The van der Waals surface area contributed by atoms with Gasteiger partial charge in [0.25, 0.3) is 5.56 Å². The lowest BCUT2D eigenvalue weighted by Gasteiger charge is -2.32. The van der Waals surface area contributed by atoms with Crippen molar-refractivity contribution in [3.05, 3.63) is 28.8 Å². The molecule has 2 heterocycles. The summed E-state index contributed by atoms with van der Waals surface area (Å²) in [5, 5.41) is 0.501. The number of likely N-dealkylation sites (tertiary alicyclic amines) is 1. The SMILES string of the molecule is COc1cc2c(=O)[nH]cnc2cc1OCC1CCCCN1C. The van der Waals surface area contributed by atoms with Crippen molar-refractivity contribution in [1.82, 2.24) is 14.9 Å². The van der Waals surface area contributed by atoms with Gasteiger partial charge in [0.2, 0.25) is 0 Å². The van der Waals surface area contributed by atoms with Crippen LogP contribution in [0.15, 0.2) is 23.3 Å². The Balaban J connectivity index is 1.84. The van der Waals surface area contributed by atoms with E-state index in [0.717, 1.165) is 13.0 Å². The van der Waals surface area contributed by atoms with E-state index in [-0.39, 0.29) is 5.56 Å². The van der Waals surface area contributed by atoms with Crippen LogP contribution < -0.4 is 15.0 Å². The largest absolute Gasteiger partial charge is 0.493 e. The second kappa shape index (κ2) is 6.36. The summed E-state index contributed by atoms with van der Waals surface area (Å²) in [5.74, 6) is 1.19. The quantitative estimate of drug-likeness (QED) is 0.933. The highest BCUT2D eigenvalue weighted by Gasteiger charge is 2.20. The third-order valence-corrected chi connectivity index (χ3v) is 4.28.